The quantitative estimate of drug-likeness (QED) is 0.863. The van der Waals surface area contributed by atoms with E-state index in [1.54, 1.807) is 14.2 Å². The molecule has 0 amide bonds. The fraction of sp³-hybridized carbons (Fsp3) is 0.647. The molecule has 24 heavy (non-hydrogen) atoms. The van der Waals surface area contributed by atoms with Gasteiger partial charge in [-0.1, -0.05) is 0 Å². The molecule has 2 fully saturated rings. The predicted molar refractivity (Wildman–Crippen MR) is 91.4 cm³/mol. The molecule has 0 radical (unpaired) electrons. The van der Waals surface area contributed by atoms with Crippen LogP contribution >= 0.6 is 0 Å². The topological polar surface area (TPSA) is 73.9 Å². The third-order valence-electron chi connectivity index (χ3n) is 4.85. The molecule has 6 nitrogen and oxygen atoms in total. The van der Waals surface area contributed by atoms with Gasteiger partial charge in [-0.25, -0.2) is 8.42 Å². The van der Waals surface area contributed by atoms with Crippen LogP contribution in [0.3, 0.4) is 0 Å². The molecule has 1 spiro atoms. The zero-order chi connectivity index (χ0) is 17.2. The second-order valence-corrected chi connectivity index (χ2v) is 8.85. The molecule has 0 bridgehead atoms. The minimum atomic E-state index is -2.95. The van der Waals surface area contributed by atoms with Crippen molar-refractivity contribution in [3.63, 3.8) is 0 Å². The van der Waals surface area contributed by atoms with Crippen LogP contribution in [0.1, 0.15) is 24.8 Å². The molecule has 0 unspecified atom stereocenters. The largest absolute Gasteiger partial charge is 0.497 e. The highest BCUT2D eigenvalue weighted by atomic mass is 32.2. The average Bonchev–Trinajstić information content (AvgIpc) is 2.86. The summed E-state index contributed by atoms with van der Waals surface area (Å²) in [5.41, 5.74) is 0.590. The zero-order valence-electron chi connectivity index (χ0n) is 14.2. The molecule has 7 heteroatoms. The predicted octanol–water partition coefficient (Wildman–Crippen LogP) is 1.53. The summed E-state index contributed by atoms with van der Waals surface area (Å²) in [7, 11) is 0.319. The van der Waals surface area contributed by atoms with E-state index in [0.717, 1.165) is 29.9 Å². The molecule has 0 aliphatic carbocycles. The summed E-state index contributed by atoms with van der Waals surface area (Å²) in [5, 5.41) is 3.53. The third kappa shape index (κ3) is 4.02. The first-order chi connectivity index (χ1) is 11.4. The Balaban J connectivity index is 1.63. The molecule has 1 aromatic rings. The minimum absolute atomic E-state index is 0.158. The van der Waals surface area contributed by atoms with Gasteiger partial charge in [0.15, 0.2) is 9.84 Å². The number of hydrogen-bond donors (Lipinski definition) is 1. The van der Waals surface area contributed by atoms with Crippen LogP contribution in [-0.4, -0.2) is 52.4 Å². The van der Waals surface area contributed by atoms with Gasteiger partial charge >= 0.3 is 0 Å². The summed E-state index contributed by atoms with van der Waals surface area (Å²) >= 11 is 0. The van der Waals surface area contributed by atoms with Crippen LogP contribution in [0.5, 0.6) is 11.5 Å². The highest BCUT2D eigenvalue weighted by Gasteiger charge is 2.46. The molecule has 1 aromatic carbocycles. The fourth-order valence-corrected chi connectivity index (χ4v) is 5.57. The minimum Gasteiger partial charge on any atom is -0.497 e. The fourth-order valence-electron chi connectivity index (χ4n) is 3.59. The number of sulfone groups is 1. The maximum atomic E-state index is 11.8. The molecule has 3 rings (SSSR count). The Hall–Kier alpha value is -1.31. The Morgan fingerprint density at radius 3 is 2.54 bits per heavy atom. The molecular formula is C17H25NO5S. The Bertz CT molecular complexity index is 668. The van der Waals surface area contributed by atoms with Gasteiger partial charge in [0.25, 0.3) is 0 Å². The maximum Gasteiger partial charge on any atom is 0.153 e. The Morgan fingerprint density at radius 2 is 1.96 bits per heavy atom. The zero-order valence-corrected chi connectivity index (χ0v) is 15.0. The van der Waals surface area contributed by atoms with E-state index in [2.05, 4.69) is 5.32 Å². The van der Waals surface area contributed by atoms with Gasteiger partial charge in [0.2, 0.25) is 0 Å². The molecule has 2 heterocycles. The molecule has 2 saturated heterocycles. The standard InChI is InChI=1S/C17H25NO5S/c1-21-15-7-13(8-16(9-15)22-2)11-18-14-3-5-23-17(10-14)4-6-24(19,20)12-17/h7-9,14,18H,3-6,10-12H2,1-2H3/t14-,17-/m0/s1. The van der Waals surface area contributed by atoms with E-state index < -0.39 is 15.4 Å². The number of methoxy groups -OCH3 is 2. The lowest BCUT2D eigenvalue weighted by Gasteiger charge is -2.37. The van der Waals surface area contributed by atoms with Crippen molar-refractivity contribution in [1.82, 2.24) is 5.32 Å². The molecule has 1 N–H and O–H groups in total. The van der Waals surface area contributed by atoms with Gasteiger partial charge < -0.3 is 19.5 Å². The van der Waals surface area contributed by atoms with Gasteiger partial charge in [-0.15, -0.1) is 0 Å². The molecule has 2 atom stereocenters. The number of hydrogen-bond acceptors (Lipinski definition) is 6. The normalized spacial score (nSPS) is 28.8. The van der Waals surface area contributed by atoms with Gasteiger partial charge in [0.05, 0.1) is 31.3 Å². The molecule has 2 aliphatic heterocycles. The molecular weight excluding hydrogens is 330 g/mol. The highest BCUT2D eigenvalue weighted by Crippen LogP contribution is 2.35. The maximum absolute atomic E-state index is 11.8. The number of nitrogens with one attached hydrogen (secondary N) is 1. The SMILES string of the molecule is COc1cc(CN[C@H]2CCO[C@@]3(CCS(=O)(=O)C3)C2)cc(OC)c1. The van der Waals surface area contributed by atoms with Crippen LogP contribution in [0.15, 0.2) is 18.2 Å². The summed E-state index contributed by atoms with van der Waals surface area (Å²) in [5.74, 6) is 1.92. The Kier molecular flexibility index (Phi) is 5.03. The van der Waals surface area contributed by atoms with Crippen molar-refractivity contribution < 1.29 is 22.6 Å². The Morgan fingerprint density at radius 1 is 1.25 bits per heavy atom. The van der Waals surface area contributed by atoms with Crippen LogP contribution < -0.4 is 14.8 Å². The van der Waals surface area contributed by atoms with E-state index in [1.807, 2.05) is 18.2 Å². The van der Waals surface area contributed by atoms with E-state index in [0.29, 0.717) is 19.6 Å². The first-order valence-electron chi connectivity index (χ1n) is 8.23. The summed E-state index contributed by atoms with van der Waals surface area (Å²) in [6.07, 6.45) is 2.25. The van der Waals surface area contributed by atoms with Gasteiger partial charge in [-0.3, -0.25) is 0 Å². The van der Waals surface area contributed by atoms with Crippen molar-refractivity contribution in [2.24, 2.45) is 0 Å². The van der Waals surface area contributed by atoms with E-state index in [-0.39, 0.29) is 17.5 Å². The third-order valence-corrected chi connectivity index (χ3v) is 6.64. The second-order valence-electron chi connectivity index (χ2n) is 6.67. The van der Waals surface area contributed by atoms with Crippen molar-refractivity contribution in [3.8, 4) is 11.5 Å². The van der Waals surface area contributed by atoms with E-state index in [9.17, 15) is 8.42 Å². The van der Waals surface area contributed by atoms with Crippen LogP contribution in [0, 0.1) is 0 Å². The van der Waals surface area contributed by atoms with Gasteiger partial charge in [0, 0.05) is 25.3 Å². The molecule has 0 aromatic heterocycles. The van der Waals surface area contributed by atoms with Crippen molar-refractivity contribution in [3.05, 3.63) is 23.8 Å². The van der Waals surface area contributed by atoms with Crippen LogP contribution in [0.2, 0.25) is 0 Å². The van der Waals surface area contributed by atoms with Crippen molar-refractivity contribution in [1.29, 1.82) is 0 Å². The number of ether oxygens (including phenoxy) is 3. The monoisotopic (exact) mass is 355 g/mol. The summed E-state index contributed by atoms with van der Waals surface area (Å²) < 4.78 is 40.1. The molecule has 0 saturated carbocycles. The van der Waals surface area contributed by atoms with Crippen LogP contribution in [-0.2, 0) is 21.1 Å². The van der Waals surface area contributed by atoms with Crippen molar-refractivity contribution in [2.75, 3.05) is 32.3 Å². The lowest BCUT2D eigenvalue weighted by Crippen LogP contribution is -2.47. The first kappa shape index (κ1) is 17.5. The van der Waals surface area contributed by atoms with Gasteiger partial charge in [-0.2, -0.15) is 0 Å². The van der Waals surface area contributed by atoms with Gasteiger partial charge in [0.1, 0.15) is 11.5 Å². The molecule has 2 aliphatic rings. The van der Waals surface area contributed by atoms with E-state index in [1.165, 1.54) is 0 Å². The highest BCUT2D eigenvalue weighted by molar-refractivity contribution is 7.91. The second kappa shape index (κ2) is 6.90. The Labute approximate surface area is 143 Å². The van der Waals surface area contributed by atoms with Crippen molar-refractivity contribution >= 4 is 9.84 Å². The summed E-state index contributed by atoms with van der Waals surface area (Å²) in [6, 6.07) is 6.05. The van der Waals surface area contributed by atoms with E-state index in [4.69, 9.17) is 14.2 Å². The van der Waals surface area contributed by atoms with Crippen molar-refractivity contribution in [2.45, 2.75) is 37.5 Å². The van der Waals surface area contributed by atoms with E-state index >= 15 is 0 Å². The number of benzene rings is 1. The lowest BCUT2D eigenvalue weighted by atomic mass is 9.90. The van der Waals surface area contributed by atoms with Gasteiger partial charge in [-0.05, 0) is 37.0 Å². The first-order valence-corrected chi connectivity index (χ1v) is 10.1. The lowest BCUT2D eigenvalue weighted by molar-refractivity contribution is -0.0705. The van der Waals surface area contributed by atoms with Crippen LogP contribution in [0.25, 0.3) is 0 Å². The number of rotatable bonds is 5. The summed E-state index contributed by atoms with van der Waals surface area (Å²) in [4.78, 5) is 0. The van der Waals surface area contributed by atoms with Crippen LogP contribution in [0.4, 0.5) is 0 Å². The average molecular weight is 355 g/mol. The summed E-state index contributed by atoms with van der Waals surface area (Å²) in [6.45, 7) is 1.29. The smallest absolute Gasteiger partial charge is 0.153 e. The molecule has 134 valence electrons.